The van der Waals surface area contributed by atoms with Crippen molar-refractivity contribution < 1.29 is 0 Å². The molecule has 3 aromatic rings. The van der Waals surface area contributed by atoms with Crippen molar-refractivity contribution in [3.8, 4) is 0 Å². The Hall–Kier alpha value is -1.80. The Labute approximate surface area is 130 Å². The van der Waals surface area contributed by atoms with Gasteiger partial charge in [-0.05, 0) is 29.0 Å². The van der Waals surface area contributed by atoms with Gasteiger partial charge in [-0.2, -0.15) is 0 Å². The van der Waals surface area contributed by atoms with Crippen molar-refractivity contribution in [3.05, 3.63) is 64.4 Å². The zero-order valence-electron chi connectivity index (χ0n) is 12.8. The molecule has 0 unspecified atom stereocenters. The molecule has 0 spiro atoms. The number of rotatable bonds is 3. The maximum Gasteiger partial charge on any atom is 0.0494 e. The van der Waals surface area contributed by atoms with Crippen LogP contribution in [0.5, 0.6) is 0 Å². The summed E-state index contributed by atoms with van der Waals surface area (Å²) < 4.78 is 0. The van der Waals surface area contributed by atoms with Crippen LogP contribution in [0.15, 0.2) is 54.6 Å². The van der Waals surface area contributed by atoms with E-state index < -0.39 is 0 Å². The molecule has 0 amide bonds. The number of benzene rings is 2. The molecule has 2 heteroatoms. The normalized spacial score (nSPS) is 11.8. The summed E-state index contributed by atoms with van der Waals surface area (Å²) in [4.78, 5) is 2.82. The highest BCUT2D eigenvalue weighted by atomic mass is 32.1. The average Bonchev–Trinajstić information content (AvgIpc) is 2.94. The van der Waals surface area contributed by atoms with Gasteiger partial charge in [0, 0.05) is 27.4 Å². The Kier molecular flexibility index (Phi) is 3.73. The van der Waals surface area contributed by atoms with Gasteiger partial charge in [0.25, 0.3) is 0 Å². The van der Waals surface area contributed by atoms with Crippen molar-refractivity contribution >= 4 is 27.8 Å². The maximum absolute atomic E-state index is 3.58. The molecule has 2 aromatic carbocycles. The lowest BCUT2D eigenvalue weighted by molar-refractivity contribution is 0.604. The van der Waals surface area contributed by atoms with Crippen LogP contribution in [0.4, 0.5) is 5.69 Å². The average molecular weight is 295 g/mol. The molecule has 108 valence electrons. The fourth-order valence-electron chi connectivity index (χ4n) is 2.44. The van der Waals surface area contributed by atoms with E-state index in [1.807, 2.05) is 11.3 Å². The van der Waals surface area contributed by atoms with E-state index in [2.05, 4.69) is 80.7 Å². The molecule has 0 bridgehead atoms. The molecule has 0 fully saturated rings. The molecule has 1 heterocycles. The summed E-state index contributed by atoms with van der Waals surface area (Å²) >= 11 is 1.90. The zero-order valence-corrected chi connectivity index (χ0v) is 13.6. The lowest BCUT2D eigenvalue weighted by atomic mass is 9.95. The van der Waals surface area contributed by atoms with Crippen molar-refractivity contribution in [1.29, 1.82) is 0 Å². The van der Waals surface area contributed by atoms with E-state index in [9.17, 15) is 0 Å². The van der Waals surface area contributed by atoms with Crippen molar-refractivity contribution in [1.82, 2.24) is 0 Å². The van der Waals surface area contributed by atoms with E-state index in [0.717, 1.165) is 6.54 Å². The molecule has 1 nitrogen and oxygen atoms in total. The first kappa shape index (κ1) is 14.2. The Morgan fingerprint density at radius 2 is 1.67 bits per heavy atom. The van der Waals surface area contributed by atoms with Crippen molar-refractivity contribution in [2.75, 3.05) is 5.32 Å². The summed E-state index contributed by atoms with van der Waals surface area (Å²) in [7, 11) is 0. The molecule has 0 aliphatic carbocycles. The SMILES string of the molecule is CC(C)(C)c1ccc(CNc2cccc3ccccc23)s1. The molecule has 0 aliphatic heterocycles. The molecular formula is C19H21NS. The molecule has 1 N–H and O–H groups in total. The molecule has 0 saturated carbocycles. The van der Waals surface area contributed by atoms with Crippen LogP contribution in [0.2, 0.25) is 0 Å². The van der Waals surface area contributed by atoms with Crippen LogP contribution in [-0.2, 0) is 12.0 Å². The molecule has 0 radical (unpaired) electrons. The standard InChI is InChI=1S/C19H21NS/c1-19(2,3)18-12-11-15(21-18)13-20-17-10-6-8-14-7-4-5-9-16(14)17/h4-12,20H,13H2,1-3H3. The van der Waals surface area contributed by atoms with Gasteiger partial charge in [0.2, 0.25) is 0 Å². The van der Waals surface area contributed by atoms with Crippen molar-refractivity contribution in [2.45, 2.75) is 32.7 Å². The van der Waals surface area contributed by atoms with Gasteiger partial charge in [-0.3, -0.25) is 0 Å². The van der Waals surface area contributed by atoms with Crippen LogP contribution in [0.3, 0.4) is 0 Å². The van der Waals surface area contributed by atoms with Gasteiger partial charge in [0.15, 0.2) is 0 Å². The number of fused-ring (bicyclic) bond motifs is 1. The predicted molar refractivity (Wildman–Crippen MR) is 94.3 cm³/mol. The van der Waals surface area contributed by atoms with Gasteiger partial charge in [-0.25, -0.2) is 0 Å². The van der Waals surface area contributed by atoms with Gasteiger partial charge in [-0.15, -0.1) is 11.3 Å². The highest BCUT2D eigenvalue weighted by molar-refractivity contribution is 7.12. The molecule has 0 saturated heterocycles. The first-order valence-corrected chi connectivity index (χ1v) is 8.16. The van der Waals surface area contributed by atoms with Gasteiger partial charge >= 0.3 is 0 Å². The number of nitrogens with one attached hydrogen (secondary N) is 1. The van der Waals surface area contributed by atoms with Crippen LogP contribution in [-0.4, -0.2) is 0 Å². The minimum atomic E-state index is 0.238. The van der Waals surface area contributed by atoms with E-state index in [0.29, 0.717) is 0 Å². The fraction of sp³-hybridized carbons (Fsp3) is 0.263. The van der Waals surface area contributed by atoms with Gasteiger partial charge < -0.3 is 5.32 Å². The second-order valence-electron chi connectivity index (χ2n) is 6.40. The summed E-state index contributed by atoms with van der Waals surface area (Å²) in [5.41, 5.74) is 1.45. The Morgan fingerprint density at radius 3 is 2.43 bits per heavy atom. The molecule has 1 aromatic heterocycles. The maximum atomic E-state index is 3.58. The third-order valence-corrected chi connectivity index (χ3v) is 5.15. The van der Waals surface area contributed by atoms with Crippen molar-refractivity contribution in [3.63, 3.8) is 0 Å². The molecule has 0 aliphatic rings. The third kappa shape index (κ3) is 3.11. The topological polar surface area (TPSA) is 12.0 Å². The summed E-state index contributed by atoms with van der Waals surface area (Å²) in [6.45, 7) is 7.68. The van der Waals surface area contributed by atoms with E-state index in [4.69, 9.17) is 0 Å². The van der Waals surface area contributed by atoms with Crippen LogP contribution in [0, 0.1) is 0 Å². The van der Waals surface area contributed by atoms with Gasteiger partial charge in [-0.1, -0.05) is 57.2 Å². The number of anilines is 1. The summed E-state index contributed by atoms with van der Waals surface area (Å²) in [6, 6.07) is 19.4. The van der Waals surface area contributed by atoms with Gasteiger partial charge in [0.1, 0.15) is 0 Å². The van der Waals surface area contributed by atoms with Gasteiger partial charge in [0.05, 0.1) is 0 Å². The van der Waals surface area contributed by atoms with E-state index in [1.54, 1.807) is 0 Å². The lowest BCUT2D eigenvalue weighted by Crippen LogP contribution is -2.07. The monoisotopic (exact) mass is 295 g/mol. The highest BCUT2D eigenvalue weighted by Gasteiger charge is 2.15. The summed E-state index contributed by atoms with van der Waals surface area (Å²) in [5.74, 6) is 0. The van der Waals surface area contributed by atoms with E-state index in [-0.39, 0.29) is 5.41 Å². The van der Waals surface area contributed by atoms with Crippen LogP contribution in [0.25, 0.3) is 10.8 Å². The Balaban J connectivity index is 1.79. The number of hydrogen-bond donors (Lipinski definition) is 1. The smallest absolute Gasteiger partial charge is 0.0494 e. The molecular weight excluding hydrogens is 274 g/mol. The first-order chi connectivity index (χ1) is 10.0. The first-order valence-electron chi connectivity index (χ1n) is 7.35. The fourth-order valence-corrected chi connectivity index (χ4v) is 3.44. The number of hydrogen-bond acceptors (Lipinski definition) is 2. The zero-order chi connectivity index (χ0) is 14.9. The summed E-state index contributed by atoms with van der Waals surface area (Å²) in [6.07, 6.45) is 0. The minimum absolute atomic E-state index is 0.238. The van der Waals surface area contributed by atoms with Crippen LogP contribution in [0.1, 0.15) is 30.5 Å². The van der Waals surface area contributed by atoms with Crippen molar-refractivity contribution in [2.24, 2.45) is 0 Å². The molecule has 0 atom stereocenters. The minimum Gasteiger partial charge on any atom is -0.380 e. The van der Waals surface area contributed by atoms with Crippen LogP contribution >= 0.6 is 11.3 Å². The second-order valence-corrected chi connectivity index (χ2v) is 7.56. The molecule has 21 heavy (non-hydrogen) atoms. The number of thiophene rings is 1. The Bertz CT molecular complexity index is 744. The molecule has 3 rings (SSSR count). The van der Waals surface area contributed by atoms with E-state index in [1.165, 1.54) is 26.2 Å². The second kappa shape index (κ2) is 5.53. The quantitative estimate of drug-likeness (QED) is 0.643. The van der Waals surface area contributed by atoms with E-state index >= 15 is 0 Å². The third-order valence-electron chi connectivity index (χ3n) is 3.64. The Morgan fingerprint density at radius 1 is 0.905 bits per heavy atom. The predicted octanol–water partition coefficient (Wildman–Crippen LogP) is 5.81. The highest BCUT2D eigenvalue weighted by Crippen LogP contribution is 2.30. The lowest BCUT2D eigenvalue weighted by Gasteiger charge is -2.15. The largest absolute Gasteiger partial charge is 0.380 e. The van der Waals surface area contributed by atoms with Crippen LogP contribution < -0.4 is 5.32 Å². The summed E-state index contributed by atoms with van der Waals surface area (Å²) in [5, 5.41) is 6.15.